The van der Waals surface area contributed by atoms with Crippen molar-refractivity contribution in [3.8, 4) is 0 Å². The summed E-state index contributed by atoms with van der Waals surface area (Å²) in [6, 6.07) is 6.47. The summed E-state index contributed by atoms with van der Waals surface area (Å²) in [5.41, 5.74) is 6.32. The molecule has 0 amide bonds. The first-order chi connectivity index (χ1) is 6.70. The van der Waals surface area contributed by atoms with Crippen molar-refractivity contribution in [1.29, 1.82) is 0 Å². The lowest BCUT2D eigenvalue weighted by atomic mass is 9.80. The van der Waals surface area contributed by atoms with Crippen LogP contribution in [-0.4, -0.2) is 34.7 Å². The van der Waals surface area contributed by atoms with Crippen LogP contribution in [0.3, 0.4) is 0 Å². The molecule has 84 valence electrons. The van der Waals surface area contributed by atoms with Crippen LogP contribution in [0, 0.1) is 0 Å². The average molecular weight is 235 g/mol. The zero-order valence-corrected chi connectivity index (χ0v) is 8.29. The number of benzene rings is 1. The predicted octanol–water partition coefficient (Wildman–Crippen LogP) is -1.70. The molecule has 0 aliphatic rings. The van der Waals surface area contributed by atoms with Crippen molar-refractivity contribution < 1.29 is 27.6 Å². The van der Waals surface area contributed by atoms with Gasteiger partial charge in [0.05, 0.1) is 0 Å². The number of rotatable bonds is 1. The molecule has 0 saturated carbocycles. The summed E-state index contributed by atoms with van der Waals surface area (Å²) in [6.07, 6.45) is 0. The standard InChI is InChI=1S/C6H8BNO2.H2O4S/c8-6-3-1-2-5(4-6)7(9)10;1-5(2,3)4/h1-4,9-10H,8H2;(H2,1,2,3,4). The Morgan fingerprint density at radius 3 is 1.93 bits per heavy atom. The molecule has 0 spiro atoms. The first-order valence-electron chi connectivity index (χ1n) is 3.61. The zero-order valence-electron chi connectivity index (χ0n) is 7.48. The monoisotopic (exact) mass is 235 g/mol. The van der Waals surface area contributed by atoms with Gasteiger partial charge in [-0.05, 0) is 17.6 Å². The normalized spacial score (nSPS) is 10.1. The van der Waals surface area contributed by atoms with Crippen LogP contribution in [0.2, 0.25) is 0 Å². The molecule has 1 aromatic rings. The summed E-state index contributed by atoms with van der Waals surface area (Å²) in [5.74, 6) is 0. The second-order valence-corrected chi connectivity index (χ2v) is 3.39. The minimum Gasteiger partial charge on any atom is -0.423 e. The van der Waals surface area contributed by atoms with Crippen molar-refractivity contribution in [2.75, 3.05) is 5.73 Å². The maximum absolute atomic E-state index is 8.74. The Labute approximate surface area is 86.9 Å². The van der Waals surface area contributed by atoms with Crippen LogP contribution in [0.5, 0.6) is 0 Å². The highest BCUT2D eigenvalue weighted by Crippen LogP contribution is 1.95. The van der Waals surface area contributed by atoms with Crippen LogP contribution in [0.4, 0.5) is 5.69 Å². The topological polar surface area (TPSA) is 141 Å². The van der Waals surface area contributed by atoms with Gasteiger partial charge in [-0.3, -0.25) is 9.11 Å². The van der Waals surface area contributed by atoms with Gasteiger partial charge in [-0.25, -0.2) is 0 Å². The Balaban J connectivity index is 0.000000336. The summed E-state index contributed by atoms with van der Waals surface area (Å²) >= 11 is 0. The summed E-state index contributed by atoms with van der Waals surface area (Å²) in [6.45, 7) is 0. The maximum Gasteiger partial charge on any atom is 0.488 e. The van der Waals surface area contributed by atoms with E-state index in [1.807, 2.05) is 0 Å². The molecule has 0 aromatic heterocycles. The van der Waals surface area contributed by atoms with Gasteiger partial charge in [0.25, 0.3) is 0 Å². The van der Waals surface area contributed by atoms with E-state index >= 15 is 0 Å². The summed E-state index contributed by atoms with van der Waals surface area (Å²) in [5, 5.41) is 17.3. The number of nitrogens with two attached hydrogens (primary N) is 1. The third-order valence-electron chi connectivity index (χ3n) is 1.21. The van der Waals surface area contributed by atoms with Gasteiger partial charge in [0, 0.05) is 5.69 Å². The molecule has 1 aromatic carbocycles. The number of anilines is 1. The third kappa shape index (κ3) is 9.19. The van der Waals surface area contributed by atoms with E-state index in [4.69, 9.17) is 33.3 Å². The molecule has 0 atom stereocenters. The Hall–Kier alpha value is -1.13. The van der Waals surface area contributed by atoms with Crippen molar-refractivity contribution in [3.05, 3.63) is 24.3 Å². The van der Waals surface area contributed by atoms with Gasteiger partial charge in [-0.1, -0.05) is 12.1 Å². The summed E-state index contributed by atoms with van der Waals surface area (Å²) in [4.78, 5) is 0. The Bertz CT molecular complexity index is 398. The van der Waals surface area contributed by atoms with E-state index in [9.17, 15) is 0 Å². The van der Waals surface area contributed by atoms with Gasteiger partial charge in [-0.2, -0.15) is 8.42 Å². The smallest absolute Gasteiger partial charge is 0.423 e. The Kier molecular flexibility index (Phi) is 5.26. The highest BCUT2D eigenvalue weighted by Gasteiger charge is 2.09. The molecule has 15 heavy (non-hydrogen) atoms. The third-order valence-corrected chi connectivity index (χ3v) is 1.21. The molecule has 0 heterocycles. The molecule has 9 heteroatoms. The second-order valence-electron chi connectivity index (χ2n) is 2.49. The van der Waals surface area contributed by atoms with E-state index in [0.717, 1.165) is 0 Å². The Morgan fingerprint density at radius 2 is 1.67 bits per heavy atom. The van der Waals surface area contributed by atoms with Crippen LogP contribution in [-0.2, 0) is 10.4 Å². The number of hydrogen-bond acceptors (Lipinski definition) is 5. The number of hydrogen-bond donors (Lipinski definition) is 5. The van der Waals surface area contributed by atoms with E-state index in [2.05, 4.69) is 0 Å². The van der Waals surface area contributed by atoms with Crippen LogP contribution in [0.1, 0.15) is 0 Å². The minimum absolute atomic E-state index is 0.417. The molecule has 0 radical (unpaired) electrons. The molecule has 1 rings (SSSR count). The second kappa shape index (κ2) is 5.68. The lowest BCUT2D eigenvalue weighted by Crippen LogP contribution is -2.29. The van der Waals surface area contributed by atoms with Crippen molar-refractivity contribution in [1.82, 2.24) is 0 Å². The van der Waals surface area contributed by atoms with E-state index in [1.54, 1.807) is 18.2 Å². The van der Waals surface area contributed by atoms with Gasteiger partial charge < -0.3 is 15.8 Å². The van der Waals surface area contributed by atoms with Gasteiger partial charge in [0.1, 0.15) is 0 Å². The molecule has 0 unspecified atom stereocenters. The van der Waals surface area contributed by atoms with Gasteiger partial charge in [-0.15, -0.1) is 0 Å². The van der Waals surface area contributed by atoms with E-state index in [0.29, 0.717) is 11.2 Å². The maximum atomic E-state index is 8.74. The van der Waals surface area contributed by atoms with Crippen molar-refractivity contribution in [2.45, 2.75) is 0 Å². The molecule has 0 aliphatic heterocycles. The summed E-state index contributed by atoms with van der Waals surface area (Å²) < 4.78 is 31.6. The zero-order chi connectivity index (χ0) is 12.1. The summed E-state index contributed by atoms with van der Waals surface area (Å²) in [7, 11) is -6.09. The number of nitrogen functional groups attached to an aromatic ring is 1. The van der Waals surface area contributed by atoms with Crippen LogP contribution in [0.25, 0.3) is 0 Å². The lowest BCUT2D eigenvalue weighted by molar-refractivity contribution is 0.381. The molecular weight excluding hydrogens is 225 g/mol. The van der Waals surface area contributed by atoms with Gasteiger partial charge in [0.15, 0.2) is 0 Å². The first-order valence-corrected chi connectivity index (χ1v) is 5.01. The van der Waals surface area contributed by atoms with Crippen molar-refractivity contribution in [2.24, 2.45) is 0 Å². The van der Waals surface area contributed by atoms with Crippen molar-refractivity contribution in [3.63, 3.8) is 0 Å². The molecule has 0 saturated heterocycles. The van der Waals surface area contributed by atoms with Crippen molar-refractivity contribution >= 4 is 28.7 Å². The highest BCUT2D eigenvalue weighted by atomic mass is 32.3. The molecule has 0 aliphatic carbocycles. The van der Waals surface area contributed by atoms with Crippen LogP contribution < -0.4 is 11.2 Å². The van der Waals surface area contributed by atoms with E-state index in [-0.39, 0.29) is 0 Å². The van der Waals surface area contributed by atoms with Crippen LogP contribution in [0.15, 0.2) is 24.3 Å². The largest absolute Gasteiger partial charge is 0.488 e. The fourth-order valence-corrected chi connectivity index (χ4v) is 0.720. The van der Waals surface area contributed by atoms with E-state index < -0.39 is 17.5 Å². The highest BCUT2D eigenvalue weighted by molar-refractivity contribution is 7.79. The Morgan fingerprint density at radius 1 is 1.20 bits per heavy atom. The van der Waals surface area contributed by atoms with Crippen LogP contribution >= 0.6 is 0 Å². The van der Waals surface area contributed by atoms with E-state index in [1.165, 1.54) is 6.07 Å². The fraction of sp³-hybridized carbons (Fsp3) is 0. The lowest BCUT2D eigenvalue weighted by Gasteiger charge is -1.98. The first kappa shape index (κ1) is 13.9. The SMILES string of the molecule is Nc1cccc(B(O)O)c1.O=S(=O)(O)O. The quantitative estimate of drug-likeness (QED) is 0.222. The molecular formula is C6H10BNO6S. The molecule has 0 bridgehead atoms. The minimum atomic E-state index is -4.67. The van der Waals surface area contributed by atoms with Gasteiger partial charge in [0.2, 0.25) is 0 Å². The van der Waals surface area contributed by atoms with Gasteiger partial charge >= 0.3 is 17.5 Å². The molecule has 0 fully saturated rings. The molecule has 7 nitrogen and oxygen atoms in total. The molecule has 6 N–H and O–H groups in total. The fourth-order valence-electron chi connectivity index (χ4n) is 0.720. The predicted molar refractivity (Wildman–Crippen MR) is 54.9 cm³/mol. The average Bonchev–Trinajstić information content (AvgIpc) is 2.00.